The van der Waals surface area contributed by atoms with E-state index in [0.717, 1.165) is 32.5 Å². The summed E-state index contributed by atoms with van der Waals surface area (Å²) in [6, 6.07) is 7.50. The van der Waals surface area contributed by atoms with Gasteiger partial charge in [0, 0.05) is 18.5 Å². The third kappa shape index (κ3) is 3.96. The van der Waals surface area contributed by atoms with E-state index in [2.05, 4.69) is 15.5 Å². The van der Waals surface area contributed by atoms with Gasteiger partial charge in [-0.15, -0.1) is 0 Å². The number of nitrogens with zero attached hydrogens (tertiary/aromatic N) is 3. The zero-order valence-electron chi connectivity index (χ0n) is 16.1. The lowest BCUT2D eigenvalue weighted by Gasteiger charge is -2.32. The van der Waals surface area contributed by atoms with Gasteiger partial charge in [-0.2, -0.15) is 4.98 Å². The van der Waals surface area contributed by atoms with Gasteiger partial charge in [0.1, 0.15) is 0 Å². The van der Waals surface area contributed by atoms with E-state index in [0.29, 0.717) is 28.8 Å². The molecule has 0 atom stereocenters. The summed E-state index contributed by atoms with van der Waals surface area (Å²) in [5, 5.41) is 7.32. The average molecular weight is 356 g/mol. The predicted octanol–water partition coefficient (Wildman–Crippen LogP) is 3.11. The molecule has 1 N–H and O–H groups in total. The molecular weight excluding hydrogens is 328 g/mol. The van der Waals surface area contributed by atoms with Crippen LogP contribution in [0, 0.1) is 5.92 Å². The highest BCUT2D eigenvalue weighted by Gasteiger charge is 2.27. The Morgan fingerprint density at radius 1 is 1.27 bits per heavy atom. The molecule has 1 fully saturated rings. The van der Waals surface area contributed by atoms with Crippen LogP contribution < -0.4 is 5.32 Å². The zero-order valence-corrected chi connectivity index (χ0v) is 16.1. The van der Waals surface area contributed by atoms with Crippen LogP contribution in [0.3, 0.4) is 0 Å². The fourth-order valence-electron chi connectivity index (χ4n) is 3.29. The van der Waals surface area contributed by atoms with Crippen molar-refractivity contribution in [2.24, 2.45) is 5.92 Å². The maximum absolute atomic E-state index is 13.1. The molecule has 140 valence electrons. The topological polar surface area (TPSA) is 71.3 Å². The summed E-state index contributed by atoms with van der Waals surface area (Å²) in [6.07, 6.45) is 2.06. The maximum atomic E-state index is 13.1. The largest absolute Gasteiger partial charge is 0.339 e. The first-order chi connectivity index (χ1) is 12.4. The third-order valence-electron chi connectivity index (χ3n) is 4.88. The van der Waals surface area contributed by atoms with E-state index >= 15 is 0 Å². The Balaban J connectivity index is 1.81. The van der Waals surface area contributed by atoms with Gasteiger partial charge in [0.2, 0.25) is 0 Å². The van der Waals surface area contributed by atoms with Crippen molar-refractivity contribution < 1.29 is 9.32 Å². The summed E-state index contributed by atoms with van der Waals surface area (Å²) in [4.78, 5) is 19.5. The smallest absolute Gasteiger partial charge is 0.258 e. The number of carbonyl (C=O) groups excluding carboxylic acids is 1. The maximum Gasteiger partial charge on any atom is 0.258 e. The van der Waals surface area contributed by atoms with Crippen LogP contribution >= 0.6 is 0 Å². The molecule has 0 spiro atoms. The number of aromatic nitrogens is 2. The standard InChI is InChI=1S/C20H28N4O2/c1-20(2,3)19-22-17(26-23-19)15-7-5-6-8-16(15)18(25)24-11-9-14(10-12-24)13-21-4/h5-8,14,21H,9-13H2,1-4H3. The fraction of sp³-hybridized carbons (Fsp3) is 0.550. The van der Waals surface area contributed by atoms with E-state index in [4.69, 9.17) is 4.52 Å². The van der Waals surface area contributed by atoms with Crippen LogP contribution in [0.2, 0.25) is 0 Å². The summed E-state index contributed by atoms with van der Waals surface area (Å²) < 4.78 is 5.46. The Bertz CT molecular complexity index is 755. The van der Waals surface area contributed by atoms with Crippen LogP contribution in [0.1, 0.15) is 49.8 Å². The van der Waals surface area contributed by atoms with E-state index in [-0.39, 0.29) is 11.3 Å². The molecule has 2 aromatic rings. The SMILES string of the molecule is CNCC1CCN(C(=O)c2ccccc2-c2nc(C(C)(C)C)no2)CC1. The molecule has 0 saturated carbocycles. The van der Waals surface area contributed by atoms with Crippen molar-refractivity contribution in [2.75, 3.05) is 26.7 Å². The van der Waals surface area contributed by atoms with Crippen LogP contribution in [0.15, 0.2) is 28.8 Å². The van der Waals surface area contributed by atoms with Gasteiger partial charge in [0.15, 0.2) is 5.82 Å². The minimum absolute atomic E-state index is 0.0408. The lowest BCUT2D eigenvalue weighted by atomic mass is 9.95. The van der Waals surface area contributed by atoms with Crippen LogP contribution in [0.5, 0.6) is 0 Å². The Labute approximate surface area is 155 Å². The molecule has 1 amide bonds. The molecule has 1 aromatic carbocycles. The highest BCUT2D eigenvalue weighted by molar-refractivity contribution is 6.00. The van der Waals surface area contributed by atoms with E-state index in [1.165, 1.54) is 0 Å². The van der Waals surface area contributed by atoms with E-state index in [1.54, 1.807) is 0 Å². The summed E-state index contributed by atoms with van der Waals surface area (Å²) in [5.74, 6) is 1.73. The summed E-state index contributed by atoms with van der Waals surface area (Å²) in [7, 11) is 1.98. The molecule has 6 nitrogen and oxygen atoms in total. The lowest BCUT2D eigenvalue weighted by molar-refractivity contribution is 0.0691. The normalized spacial score (nSPS) is 16.1. The second kappa shape index (κ2) is 7.58. The van der Waals surface area contributed by atoms with Gasteiger partial charge in [-0.05, 0) is 44.5 Å². The second-order valence-electron chi connectivity index (χ2n) is 8.01. The number of carbonyl (C=O) groups is 1. The van der Waals surface area contributed by atoms with Crippen molar-refractivity contribution in [3.05, 3.63) is 35.7 Å². The van der Waals surface area contributed by atoms with Crippen molar-refractivity contribution in [1.82, 2.24) is 20.4 Å². The van der Waals surface area contributed by atoms with Crippen molar-refractivity contribution in [2.45, 2.75) is 39.0 Å². The first kappa shape index (κ1) is 18.6. The van der Waals surface area contributed by atoms with E-state index < -0.39 is 0 Å². The number of hydrogen-bond donors (Lipinski definition) is 1. The number of hydrogen-bond acceptors (Lipinski definition) is 5. The highest BCUT2D eigenvalue weighted by atomic mass is 16.5. The molecule has 1 aliphatic rings. The molecule has 0 bridgehead atoms. The number of benzene rings is 1. The van der Waals surface area contributed by atoms with E-state index in [1.807, 2.05) is 57.0 Å². The van der Waals surface area contributed by atoms with Crippen LogP contribution in [0.4, 0.5) is 0 Å². The van der Waals surface area contributed by atoms with Gasteiger partial charge in [-0.3, -0.25) is 4.79 Å². The number of rotatable bonds is 4. The molecule has 0 unspecified atom stereocenters. The minimum Gasteiger partial charge on any atom is -0.339 e. The summed E-state index contributed by atoms with van der Waals surface area (Å²) >= 11 is 0. The Morgan fingerprint density at radius 2 is 1.96 bits per heavy atom. The first-order valence-electron chi connectivity index (χ1n) is 9.27. The van der Waals surface area contributed by atoms with Gasteiger partial charge in [0.05, 0.1) is 11.1 Å². The zero-order chi connectivity index (χ0) is 18.7. The molecule has 0 aliphatic carbocycles. The molecule has 26 heavy (non-hydrogen) atoms. The Morgan fingerprint density at radius 3 is 2.58 bits per heavy atom. The van der Waals surface area contributed by atoms with Crippen LogP contribution in [0.25, 0.3) is 11.5 Å². The minimum atomic E-state index is -0.199. The fourth-order valence-corrected chi connectivity index (χ4v) is 3.29. The first-order valence-corrected chi connectivity index (χ1v) is 9.27. The highest BCUT2D eigenvalue weighted by Crippen LogP contribution is 2.28. The Hall–Kier alpha value is -2.21. The quantitative estimate of drug-likeness (QED) is 0.911. The van der Waals surface area contributed by atoms with Crippen molar-refractivity contribution in [3.63, 3.8) is 0 Å². The Kier molecular flexibility index (Phi) is 5.41. The molecule has 1 aromatic heterocycles. The number of amides is 1. The number of piperidine rings is 1. The molecule has 3 rings (SSSR count). The molecular formula is C20H28N4O2. The van der Waals surface area contributed by atoms with Gasteiger partial charge in [-0.1, -0.05) is 38.1 Å². The molecule has 0 radical (unpaired) electrons. The van der Waals surface area contributed by atoms with Crippen molar-refractivity contribution in [3.8, 4) is 11.5 Å². The molecule has 2 heterocycles. The summed E-state index contributed by atoms with van der Waals surface area (Å²) in [6.45, 7) is 8.69. The van der Waals surface area contributed by atoms with Crippen LogP contribution in [-0.2, 0) is 5.41 Å². The van der Waals surface area contributed by atoms with Gasteiger partial charge in [0.25, 0.3) is 11.8 Å². The predicted molar refractivity (Wildman–Crippen MR) is 101 cm³/mol. The monoisotopic (exact) mass is 356 g/mol. The summed E-state index contributed by atoms with van der Waals surface area (Å²) in [5.41, 5.74) is 1.14. The lowest BCUT2D eigenvalue weighted by Crippen LogP contribution is -2.40. The van der Waals surface area contributed by atoms with Crippen molar-refractivity contribution >= 4 is 5.91 Å². The van der Waals surface area contributed by atoms with Gasteiger partial charge in [-0.25, -0.2) is 0 Å². The molecule has 6 heteroatoms. The van der Waals surface area contributed by atoms with Gasteiger partial charge < -0.3 is 14.7 Å². The van der Waals surface area contributed by atoms with Gasteiger partial charge >= 0.3 is 0 Å². The van der Waals surface area contributed by atoms with Crippen LogP contribution in [-0.4, -0.2) is 47.6 Å². The average Bonchev–Trinajstić information content (AvgIpc) is 3.12. The molecule has 1 aliphatic heterocycles. The van der Waals surface area contributed by atoms with Crippen molar-refractivity contribution in [1.29, 1.82) is 0 Å². The number of likely N-dealkylation sites (tertiary alicyclic amines) is 1. The second-order valence-corrected chi connectivity index (χ2v) is 8.01. The molecule has 1 saturated heterocycles. The third-order valence-corrected chi connectivity index (χ3v) is 4.88. The van der Waals surface area contributed by atoms with E-state index in [9.17, 15) is 4.79 Å². The number of nitrogens with one attached hydrogen (secondary N) is 1.